The molecule has 1 N–H and O–H groups in total. The Balaban J connectivity index is 1.55. The molecule has 0 radical (unpaired) electrons. The fraction of sp³-hybridized carbons (Fsp3) is 0.227. The van der Waals surface area contributed by atoms with Crippen molar-refractivity contribution in [2.45, 2.75) is 17.7 Å². The van der Waals surface area contributed by atoms with Crippen molar-refractivity contribution in [3.8, 4) is 0 Å². The summed E-state index contributed by atoms with van der Waals surface area (Å²) < 4.78 is 27.5. The third-order valence-electron chi connectivity index (χ3n) is 5.31. The number of sulfonamides is 1. The van der Waals surface area contributed by atoms with Crippen molar-refractivity contribution in [1.29, 1.82) is 0 Å². The van der Waals surface area contributed by atoms with Crippen molar-refractivity contribution in [2.24, 2.45) is 5.92 Å². The highest BCUT2D eigenvalue weighted by atomic mass is 35.5. The van der Waals surface area contributed by atoms with Crippen LogP contribution in [0, 0.1) is 5.92 Å². The van der Waals surface area contributed by atoms with E-state index in [1.165, 1.54) is 16.4 Å². The maximum atomic E-state index is 13.1. The number of rotatable bonds is 4. The van der Waals surface area contributed by atoms with E-state index in [4.69, 9.17) is 23.2 Å². The first kappa shape index (κ1) is 21.1. The van der Waals surface area contributed by atoms with Crippen molar-refractivity contribution in [3.05, 3.63) is 70.7 Å². The number of carbonyl (C=O) groups excluding carboxylic acids is 1. The fourth-order valence-corrected chi connectivity index (χ4v) is 6.02. The standard InChI is InChI=1S/C22H20Cl2N2O3S/c23-17-10-11-19(24)21(13-17)30(28,29)26-12-4-7-16(14-26)22(27)25-20-9-3-6-15-5-1-2-8-18(15)20/h1-3,5-6,8-11,13,16H,4,7,12,14H2,(H,25,27)/t16-/m1/s1. The lowest BCUT2D eigenvalue weighted by atomic mass is 9.98. The quantitative estimate of drug-likeness (QED) is 0.580. The van der Waals surface area contributed by atoms with Gasteiger partial charge in [0.1, 0.15) is 4.90 Å². The first-order valence-electron chi connectivity index (χ1n) is 9.60. The molecular formula is C22H20Cl2N2O3S. The molecule has 4 rings (SSSR count). The van der Waals surface area contributed by atoms with Crippen LogP contribution >= 0.6 is 23.2 Å². The highest BCUT2D eigenvalue weighted by molar-refractivity contribution is 7.89. The molecule has 1 fully saturated rings. The van der Waals surface area contributed by atoms with Crippen molar-refractivity contribution in [1.82, 2.24) is 4.31 Å². The predicted molar refractivity (Wildman–Crippen MR) is 121 cm³/mol. The molecule has 0 spiro atoms. The summed E-state index contributed by atoms with van der Waals surface area (Å²) in [6, 6.07) is 17.9. The lowest BCUT2D eigenvalue weighted by Crippen LogP contribution is -2.43. The molecule has 0 bridgehead atoms. The molecule has 8 heteroatoms. The van der Waals surface area contributed by atoms with E-state index in [2.05, 4.69) is 5.32 Å². The van der Waals surface area contributed by atoms with Crippen LogP contribution in [0.4, 0.5) is 5.69 Å². The number of hydrogen-bond acceptors (Lipinski definition) is 3. The van der Waals surface area contributed by atoms with Gasteiger partial charge >= 0.3 is 0 Å². The number of amides is 1. The highest BCUT2D eigenvalue weighted by Crippen LogP contribution is 2.31. The predicted octanol–water partition coefficient (Wildman–Crippen LogP) is 5.19. The Morgan fingerprint density at radius 3 is 2.63 bits per heavy atom. The van der Waals surface area contributed by atoms with Crippen LogP contribution in [0.2, 0.25) is 10.0 Å². The summed E-state index contributed by atoms with van der Waals surface area (Å²) in [4.78, 5) is 12.9. The number of carbonyl (C=O) groups is 1. The van der Waals surface area contributed by atoms with Crippen molar-refractivity contribution < 1.29 is 13.2 Å². The minimum Gasteiger partial charge on any atom is -0.325 e. The first-order chi connectivity index (χ1) is 14.4. The number of piperidine rings is 1. The number of fused-ring (bicyclic) bond motifs is 1. The molecular weight excluding hydrogens is 443 g/mol. The zero-order valence-corrected chi connectivity index (χ0v) is 18.3. The summed E-state index contributed by atoms with van der Waals surface area (Å²) in [6.45, 7) is 0.436. The maximum absolute atomic E-state index is 13.1. The normalized spacial score (nSPS) is 17.7. The second kappa shape index (κ2) is 8.55. The minimum absolute atomic E-state index is 0.0354. The van der Waals surface area contributed by atoms with E-state index in [1.54, 1.807) is 6.07 Å². The summed E-state index contributed by atoms with van der Waals surface area (Å²) in [5.41, 5.74) is 0.718. The summed E-state index contributed by atoms with van der Waals surface area (Å²) >= 11 is 12.1. The Labute approximate surface area is 185 Å². The van der Waals surface area contributed by atoms with Gasteiger partial charge in [-0.3, -0.25) is 4.79 Å². The lowest BCUT2D eigenvalue weighted by molar-refractivity contribution is -0.120. The number of anilines is 1. The van der Waals surface area contributed by atoms with E-state index in [-0.39, 0.29) is 22.4 Å². The van der Waals surface area contributed by atoms with Crippen LogP contribution in [0.25, 0.3) is 10.8 Å². The molecule has 1 amide bonds. The highest BCUT2D eigenvalue weighted by Gasteiger charge is 2.34. The van der Waals surface area contributed by atoms with Gasteiger partial charge in [0.15, 0.2) is 0 Å². The first-order valence-corrected chi connectivity index (χ1v) is 11.8. The van der Waals surface area contributed by atoms with Gasteiger partial charge in [-0.2, -0.15) is 4.31 Å². The van der Waals surface area contributed by atoms with Crippen LogP contribution in [-0.4, -0.2) is 31.7 Å². The molecule has 1 saturated heterocycles. The second-order valence-corrected chi connectivity index (χ2v) is 10.0. The summed E-state index contributed by atoms with van der Waals surface area (Å²) in [6.07, 6.45) is 1.21. The van der Waals surface area contributed by atoms with E-state index in [9.17, 15) is 13.2 Å². The van der Waals surface area contributed by atoms with Crippen LogP contribution in [0.1, 0.15) is 12.8 Å². The van der Waals surface area contributed by atoms with Gasteiger partial charge in [0.05, 0.1) is 10.9 Å². The third kappa shape index (κ3) is 4.18. The molecule has 30 heavy (non-hydrogen) atoms. The van der Waals surface area contributed by atoms with Gasteiger partial charge in [-0.25, -0.2) is 8.42 Å². The van der Waals surface area contributed by atoms with E-state index >= 15 is 0 Å². The Bertz CT molecular complexity index is 1210. The molecule has 156 valence electrons. The summed E-state index contributed by atoms with van der Waals surface area (Å²) in [7, 11) is -3.85. The SMILES string of the molecule is O=C(Nc1cccc2ccccc12)[C@@H]1CCCN(S(=O)(=O)c2cc(Cl)ccc2Cl)C1. The lowest BCUT2D eigenvalue weighted by Gasteiger charge is -2.31. The molecule has 3 aromatic carbocycles. The average Bonchev–Trinajstić information content (AvgIpc) is 2.75. The van der Waals surface area contributed by atoms with Gasteiger partial charge in [0, 0.05) is 29.2 Å². The zero-order chi connectivity index (χ0) is 21.3. The third-order valence-corrected chi connectivity index (χ3v) is 7.90. The van der Waals surface area contributed by atoms with Crippen molar-refractivity contribution >= 4 is 55.6 Å². The molecule has 0 saturated carbocycles. The maximum Gasteiger partial charge on any atom is 0.244 e. The molecule has 1 aliphatic rings. The Hall–Kier alpha value is -2.12. The van der Waals surface area contributed by atoms with E-state index in [1.807, 2.05) is 42.5 Å². The van der Waals surface area contributed by atoms with Crippen LogP contribution in [-0.2, 0) is 14.8 Å². The molecule has 0 unspecified atom stereocenters. The number of halogens is 2. The summed E-state index contributed by atoms with van der Waals surface area (Å²) in [5.74, 6) is -0.645. The fourth-order valence-electron chi connectivity index (χ4n) is 3.76. The van der Waals surface area contributed by atoms with Crippen molar-refractivity contribution in [2.75, 3.05) is 18.4 Å². The number of nitrogens with zero attached hydrogens (tertiary/aromatic N) is 1. The molecule has 0 aliphatic carbocycles. The van der Waals surface area contributed by atoms with Gasteiger partial charge in [-0.05, 0) is 42.5 Å². The number of hydrogen-bond donors (Lipinski definition) is 1. The Morgan fingerprint density at radius 1 is 1.03 bits per heavy atom. The molecule has 1 heterocycles. The van der Waals surface area contributed by atoms with Gasteiger partial charge in [0.25, 0.3) is 0 Å². The van der Waals surface area contributed by atoms with Crippen LogP contribution in [0.5, 0.6) is 0 Å². The molecule has 3 aromatic rings. The van der Waals surface area contributed by atoms with Crippen LogP contribution in [0.3, 0.4) is 0 Å². The average molecular weight is 463 g/mol. The summed E-state index contributed by atoms with van der Waals surface area (Å²) in [5, 5.41) is 5.35. The van der Waals surface area contributed by atoms with Gasteiger partial charge in [0.2, 0.25) is 15.9 Å². The van der Waals surface area contributed by atoms with E-state index in [0.717, 1.165) is 16.5 Å². The molecule has 5 nitrogen and oxygen atoms in total. The molecule has 1 aliphatic heterocycles. The van der Waals surface area contributed by atoms with Crippen molar-refractivity contribution in [3.63, 3.8) is 0 Å². The monoisotopic (exact) mass is 462 g/mol. The van der Waals surface area contributed by atoms with Gasteiger partial charge in [-0.15, -0.1) is 0 Å². The molecule has 1 atom stereocenters. The Morgan fingerprint density at radius 2 is 1.80 bits per heavy atom. The topological polar surface area (TPSA) is 66.5 Å². The second-order valence-electron chi connectivity index (χ2n) is 7.29. The number of benzene rings is 3. The van der Waals surface area contributed by atoms with Gasteiger partial charge in [-0.1, -0.05) is 59.6 Å². The van der Waals surface area contributed by atoms with E-state index < -0.39 is 15.9 Å². The molecule has 0 aromatic heterocycles. The smallest absolute Gasteiger partial charge is 0.244 e. The van der Waals surface area contributed by atoms with Crippen LogP contribution in [0.15, 0.2) is 65.6 Å². The minimum atomic E-state index is -3.85. The largest absolute Gasteiger partial charge is 0.325 e. The zero-order valence-electron chi connectivity index (χ0n) is 16.0. The van der Waals surface area contributed by atoms with Gasteiger partial charge < -0.3 is 5.32 Å². The van der Waals surface area contributed by atoms with Crippen LogP contribution < -0.4 is 5.32 Å². The number of nitrogens with one attached hydrogen (secondary N) is 1. The van der Waals surface area contributed by atoms with E-state index in [0.29, 0.717) is 24.4 Å². The Kier molecular flexibility index (Phi) is 6.02.